The van der Waals surface area contributed by atoms with Crippen molar-refractivity contribution in [2.24, 2.45) is 0 Å². The molecule has 0 fully saturated rings. The highest BCUT2D eigenvalue weighted by Gasteiger charge is 2.38. The van der Waals surface area contributed by atoms with Crippen LogP contribution in [0, 0.1) is 0 Å². The molecule has 0 bridgehead atoms. The van der Waals surface area contributed by atoms with Crippen LogP contribution < -0.4 is 26.6 Å². The summed E-state index contributed by atoms with van der Waals surface area (Å²) in [4.78, 5) is 72.7. The highest BCUT2D eigenvalue weighted by Crippen LogP contribution is 2.20. The molecule has 12 nitrogen and oxygen atoms in total. The number of carbonyl (C=O) groups is 6. The van der Waals surface area contributed by atoms with Gasteiger partial charge in [-0.3, -0.25) is 28.8 Å². The van der Waals surface area contributed by atoms with Crippen molar-refractivity contribution in [3.05, 3.63) is 0 Å². The molecule has 0 aromatic rings. The monoisotopic (exact) mass is 498 g/mol. The second-order valence-corrected chi connectivity index (χ2v) is 10.7. The van der Waals surface area contributed by atoms with E-state index in [9.17, 15) is 28.8 Å². The Balaban J connectivity index is 4.86. The predicted molar refractivity (Wildman–Crippen MR) is 131 cm³/mol. The van der Waals surface area contributed by atoms with Gasteiger partial charge in [-0.05, 0) is 68.7 Å². The summed E-state index contributed by atoms with van der Waals surface area (Å²) in [6, 6.07) is -0.729. The van der Waals surface area contributed by atoms with Crippen LogP contribution in [0.1, 0.15) is 68.7 Å². The summed E-state index contributed by atoms with van der Waals surface area (Å²) in [6.07, 6.45) is 1.37. The van der Waals surface area contributed by atoms with Gasteiger partial charge in [-0.1, -0.05) is 0 Å². The zero-order valence-electron chi connectivity index (χ0n) is 22.3. The number of nitrogens with one attached hydrogen (secondary N) is 5. The molecular weight excluding hydrogens is 456 g/mol. The van der Waals surface area contributed by atoms with Crippen LogP contribution in [0.5, 0.6) is 0 Å². The van der Waals surface area contributed by atoms with Gasteiger partial charge in [0.05, 0.1) is 13.1 Å². The number of hydrogen-bond acceptors (Lipinski definition) is 6. The summed E-state index contributed by atoms with van der Waals surface area (Å²) in [5.74, 6) is -1.87. The van der Waals surface area contributed by atoms with Gasteiger partial charge >= 0.3 is 0 Å². The molecule has 0 rings (SSSR count). The van der Waals surface area contributed by atoms with Gasteiger partial charge in [-0.25, -0.2) is 0 Å². The number of nitrogens with zero attached hydrogens (tertiary/aromatic N) is 1. The molecule has 0 aromatic carbocycles. The Morgan fingerprint density at radius 3 is 1.89 bits per heavy atom. The lowest BCUT2D eigenvalue weighted by atomic mass is 9.96. The molecule has 12 heteroatoms. The van der Waals surface area contributed by atoms with Gasteiger partial charge in [0, 0.05) is 17.6 Å². The molecule has 5 N–H and O–H groups in total. The van der Waals surface area contributed by atoms with Crippen molar-refractivity contribution in [2.75, 3.05) is 13.1 Å². The fourth-order valence-electron chi connectivity index (χ4n) is 3.37. The smallest absolute Gasteiger partial charge is 0.245 e. The van der Waals surface area contributed by atoms with E-state index < -0.39 is 34.3 Å². The predicted octanol–water partition coefficient (Wildman–Crippen LogP) is -0.822. The Labute approximate surface area is 207 Å². The van der Waals surface area contributed by atoms with E-state index in [-0.39, 0.29) is 31.1 Å². The molecule has 200 valence electrons. The van der Waals surface area contributed by atoms with Gasteiger partial charge in [-0.15, -0.1) is 0 Å². The van der Waals surface area contributed by atoms with Crippen molar-refractivity contribution in [3.8, 4) is 0 Å². The first-order valence-electron chi connectivity index (χ1n) is 11.5. The summed E-state index contributed by atoms with van der Waals surface area (Å²) in [5.41, 5.74) is -2.86. The van der Waals surface area contributed by atoms with Crippen molar-refractivity contribution >= 4 is 36.4 Å². The van der Waals surface area contributed by atoms with E-state index >= 15 is 0 Å². The molecule has 0 saturated heterocycles. The van der Waals surface area contributed by atoms with E-state index in [0.717, 1.165) is 0 Å². The maximum absolute atomic E-state index is 12.7. The maximum Gasteiger partial charge on any atom is 0.245 e. The highest BCUT2D eigenvalue weighted by molar-refractivity contribution is 5.93. The summed E-state index contributed by atoms with van der Waals surface area (Å²) < 4.78 is 0. The van der Waals surface area contributed by atoms with Crippen LogP contribution >= 0.6 is 0 Å². The van der Waals surface area contributed by atoms with Gasteiger partial charge in [-0.2, -0.15) is 0 Å². The summed E-state index contributed by atoms with van der Waals surface area (Å²) in [6.45, 7) is 14.8. The van der Waals surface area contributed by atoms with Crippen LogP contribution in [0.2, 0.25) is 0 Å². The number of carbonyl (C=O) groups excluding carboxylic acids is 6. The molecule has 0 saturated carbocycles. The average Bonchev–Trinajstić information content (AvgIpc) is 2.68. The minimum Gasteiger partial charge on any atom is -0.352 e. The van der Waals surface area contributed by atoms with E-state index in [1.807, 2.05) is 20.8 Å². The zero-order valence-corrected chi connectivity index (χ0v) is 22.3. The quantitative estimate of drug-likeness (QED) is 0.196. The average molecular weight is 499 g/mol. The van der Waals surface area contributed by atoms with Gasteiger partial charge < -0.3 is 31.5 Å². The SMILES string of the molecule is CC(CC(C)N(C=O)C(C)(C)C(=O)NC(C)(C)C)NC(=O)CNC(=O)C(C)(C)NC(=O)CNC=O. The molecule has 2 unspecified atom stereocenters. The van der Waals surface area contributed by atoms with Gasteiger partial charge in [0.15, 0.2) is 0 Å². The largest absolute Gasteiger partial charge is 0.352 e. The fraction of sp³-hybridized carbons (Fsp3) is 0.739. The third kappa shape index (κ3) is 11.2. The molecule has 2 atom stereocenters. The zero-order chi connectivity index (χ0) is 27.6. The first-order valence-corrected chi connectivity index (χ1v) is 11.5. The van der Waals surface area contributed by atoms with Crippen molar-refractivity contribution < 1.29 is 28.8 Å². The van der Waals surface area contributed by atoms with Crippen molar-refractivity contribution in [2.45, 2.75) is 97.4 Å². The standard InChI is InChI=1S/C23H42N6O6/c1-15(10-16(2)29(14-31)23(8,9)20(35)28-21(3,4)5)26-17(32)12-25-19(34)22(6,7)27-18(33)11-24-13-30/h13-16H,10-12H2,1-9H3,(H,24,30)(H,25,34)(H,26,32)(H,27,33)(H,28,35). The van der Waals surface area contributed by atoms with Gasteiger partial charge in [0.25, 0.3) is 0 Å². The van der Waals surface area contributed by atoms with E-state index in [1.165, 1.54) is 18.7 Å². The van der Waals surface area contributed by atoms with E-state index in [0.29, 0.717) is 19.2 Å². The lowest BCUT2D eigenvalue weighted by Crippen LogP contribution is -2.60. The minimum atomic E-state index is -1.30. The summed E-state index contributed by atoms with van der Waals surface area (Å²) in [5, 5.41) is 12.8. The Kier molecular flexibility index (Phi) is 11.9. The van der Waals surface area contributed by atoms with Crippen LogP contribution in [-0.4, -0.2) is 83.1 Å². The van der Waals surface area contributed by atoms with E-state index in [4.69, 9.17) is 0 Å². The first kappa shape index (κ1) is 31.8. The van der Waals surface area contributed by atoms with E-state index in [2.05, 4.69) is 26.6 Å². The number of hydrogen-bond donors (Lipinski definition) is 5. The van der Waals surface area contributed by atoms with Gasteiger partial charge in [0.2, 0.25) is 36.4 Å². The lowest BCUT2D eigenvalue weighted by molar-refractivity contribution is -0.142. The summed E-state index contributed by atoms with van der Waals surface area (Å²) >= 11 is 0. The van der Waals surface area contributed by atoms with Gasteiger partial charge in [0.1, 0.15) is 11.1 Å². The van der Waals surface area contributed by atoms with E-state index in [1.54, 1.807) is 27.7 Å². The Hall–Kier alpha value is -3.18. The molecule has 0 heterocycles. The third-order valence-electron chi connectivity index (χ3n) is 5.16. The van der Waals surface area contributed by atoms with Crippen LogP contribution in [0.25, 0.3) is 0 Å². The molecule has 0 aliphatic carbocycles. The minimum absolute atomic E-state index is 0.275. The third-order valence-corrected chi connectivity index (χ3v) is 5.16. The number of amides is 6. The van der Waals surface area contributed by atoms with Crippen molar-refractivity contribution in [1.82, 2.24) is 31.5 Å². The number of rotatable bonds is 14. The normalized spacial score (nSPS) is 13.5. The molecule has 0 aliphatic rings. The lowest BCUT2D eigenvalue weighted by Gasteiger charge is -2.41. The second kappa shape index (κ2) is 13.1. The fourth-order valence-corrected chi connectivity index (χ4v) is 3.37. The van der Waals surface area contributed by atoms with Crippen LogP contribution in [0.4, 0.5) is 0 Å². The molecule has 35 heavy (non-hydrogen) atoms. The van der Waals surface area contributed by atoms with Crippen LogP contribution in [-0.2, 0) is 28.8 Å². The van der Waals surface area contributed by atoms with Crippen LogP contribution in [0.3, 0.4) is 0 Å². The molecule has 6 amide bonds. The Morgan fingerprint density at radius 1 is 0.829 bits per heavy atom. The van der Waals surface area contributed by atoms with Crippen molar-refractivity contribution in [1.29, 1.82) is 0 Å². The molecule has 0 aliphatic heterocycles. The molecule has 0 aromatic heterocycles. The molecule has 0 spiro atoms. The maximum atomic E-state index is 12.7. The highest BCUT2D eigenvalue weighted by atomic mass is 16.2. The topological polar surface area (TPSA) is 166 Å². The summed E-state index contributed by atoms with van der Waals surface area (Å²) in [7, 11) is 0. The Bertz CT molecular complexity index is 790. The molecule has 0 radical (unpaired) electrons. The molecular formula is C23H42N6O6. The Morgan fingerprint density at radius 2 is 1.40 bits per heavy atom. The second-order valence-electron chi connectivity index (χ2n) is 10.7. The van der Waals surface area contributed by atoms with Crippen molar-refractivity contribution in [3.63, 3.8) is 0 Å². The first-order chi connectivity index (χ1) is 15.9. The van der Waals surface area contributed by atoms with Crippen LogP contribution in [0.15, 0.2) is 0 Å².